The fourth-order valence-corrected chi connectivity index (χ4v) is 3.54. The highest BCUT2D eigenvalue weighted by Gasteiger charge is 2.38. The molecule has 0 radical (unpaired) electrons. The van der Waals surface area contributed by atoms with E-state index in [0.717, 1.165) is 17.9 Å². The van der Waals surface area contributed by atoms with Gasteiger partial charge in [0.25, 0.3) is 0 Å². The van der Waals surface area contributed by atoms with Crippen molar-refractivity contribution in [3.63, 3.8) is 0 Å². The zero-order valence-electron chi connectivity index (χ0n) is 13.4. The number of nitrogens with zero attached hydrogens (tertiary/aromatic N) is 1. The Balaban J connectivity index is 1.81. The van der Waals surface area contributed by atoms with Crippen molar-refractivity contribution in [1.82, 2.24) is 4.90 Å². The van der Waals surface area contributed by atoms with Crippen LogP contribution in [0.25, 0.3) is 0 Å². The van der Waals surface area contributed by atoms with E-state index in [-0.39, 0.29) is 18.1 Å². The van der Waals surface area contributed by atoms with E-state index in [1.165, 1.54) is 11.1 Å². The second-order valence-corrected chi connectivity index (χ2v) is 6.14. The second kappa shape index (κ2) is 6.11. The lowest BCUT2D eigenvalue weighted by molar-refractivity contribution is 0.0754. The van der Waals surface area contributed by atoms with Gasteiger partial charge in [-0.2, -0.15) is 0 Å². The molecule has 3 nitrogen and oxygen atoms in total. The summed E-state index contributed by atoms with van der Waals surface area (Å²) in [7, 11) is 3.81. The minimum atomic E-state index is -0.375. The van der Waals surface area contributed by atoms with Crippen molar-refractivity contribution >= 4 is 0 Å². The Hall–Kier alpha value is -1.84. The van der Waals surface area contributed by atoms with Gasteiger partial charge in [0.1, 0.15) is 5.75 Å². The van der Waals surface area contributed by atoms with Crippen molar-refractivity contribution in [1.29, 1.82) is 0 Å². The number of ether oxygens (including phenoxy) is 1. The summed E-state index contributed by atoms with van der Waals surface area (Å²) >= 11 is 0. The average Bonchev–Trinajstić information content (AvgIpc) is 2.80. The molecule has 0 bridgehead atoms. The van der Waals surface area contributed by atoms with E-state index in [1.807, 2.05) is 24.3 Å². The highest BCUT2D eigenvalue weighted by molar-refractivity contribution is 5.38. The standard InChI is InChI=1S/C19H23NO2/c1-13-18(16-6-4-5-7-17(16)19(13)21)20(2)12-14-8-10-15(22-3)11-9-14/h4-11,13,18-19,21H,12H2,1-3H3. The molecule has 0 fully saturated rings. The molecule has 0 spiro atoms. The van der Waals surface area contributed by atoms with Crippen LogP contribution >= 0.6 is 0 Å². The van der Waals surface area contributed by atoms with Crippen LogP contribution in [-0.2, 0) is 6.54 Å². The van der Waals surface area contributed by atoms with E-state index >= 15 is 0 Å². The van der Waals surface area contributed by atoms with E-state index in [0.29, 0.717) is 0 Å². The molecular formula is C19H23NO2. The fourth-order valence-electron chi connectivity index (χ4n) is 3.54. The van der Waals surface area contributed by atoms with Gasteiger partial charge in [-0.15, -0.1) is 0 Å². The highest BCUT2D eigenvalue weighted by Crippen LogP contribution is 2.46. The van der Waals surface area contributed by atoms with Crippen LogP contribution in [0.15, 0.2) is 48.5 Å². The summed E-state index contributed by atoms with van der Waals surface area (Å²) < 4.78 is 5.20. The number of hydrogen-bond donors (Lipinski definition) is 1. The van der Waals surface area contributed by atoms with Crippen molar-refractivity contribution in [2.24, 2.45) is 5.92 Å². The summed E-state index contributed by atoms with van der Waals surface area (Å²) in [4.78, 5) is 2.32. The van der Waals surface area contributed by atoms with Gasteiger partial charge in [0.15, 0.2) is 0 Å². The first kappa shape index (κ1) is 15.1. The van der Waals surface area contributed by atoms with Gasteiger partial charge in [-0.05, 0) is 35.9 Å². The molecule has 0 aromatic heterocycles. The van der Waals surface area contributed by atoms with Crippen molar-refractivity contribution in [2.45, 2.75) is 25.6 Å². The number of benzene rings is 2. The number of hydrogen-bond acceptors (Lipinski definition) is 3. The third-order valence-corrected chi connectivity index (χ3v) is 4.70. The monoisotopic (exact) mass is 297 g/mol. The van der Waals surface area contributed by atoms with E-state index < -0.39 is 0 Å². The van der Waals surface area contributed by atoms with Crippen molar-refractivity contribution in [3.05, 3.63) is 65.2 Å². The van der Waals surface area contributed by atoms with Gasteiger partial charge in [-0.3, -0.25) is 4.90 Å². The Labute approximate surface area is 132 Å². The molecule has 0 aliphatic heterocycles. The molecule has 2 aromatic carbocycles. The van der Waals surface area contributed by atoms with E-state index in [9.17, 15) is 5.11 Å². The van der Waals surface area contributed by atoms with Crippen molar-refractivity contribution < 1.29 is 9.84 Å². The van der Waals surface area contributed by atoms with Crippen molar-refractivity contribution in [2.75, 3.05) is 14.2 Å². The van der Waals surface area contributed by atoms with Crippen LogP contribution in [-0.4, -0.2) is 24.2 Å². The topological polar surface area (TPSA) is 32.7 Å². The Morgan fingerprint density at radius 1 is 1.05 bits per heavy atom. The van der Waals surface area contributed by atoms with Crippen LogP contribution in [0.2, 0.25) is 0 Å². The van der Waals surface area contributed by atoms with E-state index in [1.54, 1.807) is 7.11 Å². The van der Waals surface area contributed by atoms with Crippen LogP contribution in [0, 0.1) is 5.92 Å². The molecule has 0 amide bonds. The van der Waals surface area contributed by atoms with Crippen LogP contribution in [0.5, 0.6) is 5.75 Å². The average molecular weight is 297 g/mol. The Kier molecular flexibility index (Phi) is 4.19. The number of fused-ring (bicyclic) bond motifs is 1. The summed E-state index contributed by atoms with van der Waals surface area (Å²) in [6.45, 7) is 2.97. The molecule has 0 saturated heterocycles. The van der Waals surface area contributed by atoms with Crippen LogP contribution in [0.3, 0.4) is 0 Å². The van der Waals surface area contributed by atoms with Gasteiger partial charge >= 0.3 is 0 Å². The Morgan fingerprint density at radius 2 is 1.68 bits per heavy atom. The molecule has 0 saturated carbocycles. The van der Waals surface area contributed by atoms with Crippen LogP contribution < -0.4 is 4.74 Å². The summed E-state index contributed by atoms with van der Waals surface area (Å²) in [6.07, 6.45) is -0.375. The molecule has 3 unspecified atom stereocenters. The maximum absolute atomic E-state index is 10.5. The minimum absolute atomic E-state index is 0.195. The maximum Gasteiger partial charge on any atom is 0.118 e. The van der Waals surface area contributed by atoms with E-state index in [2.05, 4.69) is 43.1 Å². The number of aliphatic hydroxyl groups excluding tert-OH is 1. The molecular weight excluding hydrogens is 274 g/mol. The van der Waals surface area contributed by atoms with Gasteiger partial charge in [0.05, 0.1) is 13.2 Å². The lowest BCUT2D eigenvalue weighted by Crippen LogP contribution is -2.27. The molecule has 3 heteroatoms. The minimum Gasteiger partial charge on any atom is -0.497 e. The van der Waals surface area contributed by atoms with Gasteiger partial charge < -0.3 is 9.84 Å². The highest BCUT2D eigenvalue weighted by atomic mass is 16.5. The molecule has 3 atom stereocenters. The Bertz CT molecular complexity index is 638. The number of rotatable bonds is 4. The van der Waals surface area contributed by atoms with E-state index in [4.69, 9.17) is 4.74 Å². The summed E-state index contributed by atoms with van der Waals surface area (Å²) in [5.74, 6) is 1.07. The van der Waals surface area contributed by atoms with Crippen molar-refractivity contribution in [3.8, 4) is 5.75 Å². The lowest BCUT2D eigenvalue weighted by atomic mass is 9.99. The third-order valence-electron chi connectivity index (χ3n) is 4.70. The Morgan fingerprint density at radius 3 is 2.32 bits per heavy atom. The molecule has 22 heavy (non-hydrogen) atoms. The smallest absolute Gasteiger partial charge is 0.118 e. The second-order valence-electron chi connectivity index (χ2n) is 6.14. The number of methoxy groups -OCH3 is 1. The molecule has 1 aliphatic carbocycles. The summed E-state index contributed by atoms with van der Waals surface area (Å²) in [5, 5.41) is 10.5. The predicted molar refractivity (Wildman–Crippen MR) is 87.8 cm³/mol. The largest absolute Gasteiger partial charge is 0.497 e. The summed E-state index contributed by atoms with van der Waals surface area (Å²) in [6, 6.07) is 16.6. The molecule has 1 N–H and O–H groups in total. The normalized spacial score (nSPS) is 23.6. The first-order chi connectivity index (χ1) is 10.6. The zero-order chi connectivity index (χ0) is 15.7. The fraction of sp³-hybridized carbons (Fsp3) is 0.368. The molecule has 116 valence electrons. The maximum atomic E-state index is 10.5. The van der Waals surface area contributed by atoms with Gasteiger partial charge in [0, 0.05) is 18.5 Å². The first-order valence-electron chi connectivity index (χ1n) is 7.72. The molecule has 3 rings (SSSR count). The SMILES string of the molecule is COc1ccc(CN(C)C2c3ccccc3C(O)C2C)cc1. The molecule has 2 aromatic rings. The van der Waals surface area contributed by atoms with Gasteiger partial charge in [-0.25, -0.2) is 0 Å². The van der Waals surface area contributed by atoms with Gasteiger partial charge in [-0.1, -0.05) is 43.3 Å². The first-order valence-corrected chi connectivity index (χ1v) is 7.72. The quantitative estimate of drug-likeness (QED) is 0.936. The van der Waals surface area contributed by atoms with Crippen LogP contribution in [0.4, 0.5) is 0 Å². The third kappa shape index (κ3) is 2.62. The van der Waals surface area contributed by atoms with Gasteiger partial charge in [0.2, 0.25) is 0 Å². The number of aliphatic hydroxyl groups is 1. The van der Waals surface area contributed by atoms with Crippen LogP contribution in [0.1, 0.15) is 35.8 Å². The molecule has 1 aliphatic rings. The lowest BCUT2D eigenvalue weighted by Gasteiger charge is -2.29. The molecule has 0 heterocycles. The zero-order valence-corrected chi connectivity index (χ0v) is 13.4. The predicted octanol–water partition coefficient (Wildman–Crippen LogP) is 3.55. The summed E-state index contributed by atoms with van der Waals surface area (Å²) in [5.41, 5.74) is 3.56.